The summed E-state index contributed by atoms with van der Waals surface area (Å²) < 4.78 is 10.2. The molecule has 1 aromatic rings. The number of fused-ring (bicyclic) bond motifs is 1. The van der Waals surface area contributed by atoms with Crippen LogP contribution in [0, 0.1) is 11.8 Å². The van der Waals surface area contributed by atoms with Crippen molar-refractivity contribution in [1.29, 1.82) is 0 Å². The first-order valence-corrected chi connectivity index (χ1v) is 7.19. The molecule has 1 saturated heterocycles. The maximum Gasteiger partial charge on any atom is 0.188 e. The first-order chi connectivity index (χ1) is 9.36. The summed E-state index contributed by atoms with van der Waals surface area (Å²) in [5.74, 6) is 3.63. The summed E-state index contributed by atoms with van der Waals surface area (Å²) in [6, 6.07) is 4.03. The van der Waals surface area contributed by atoms with Gasteiger partial charge in [0, 0.05) is 20.2 Å². The fraction of sp³-hybridized carbons (Fsp3) is 0.667. The van der Waals surface area contributed by atoms with Crippen molar-refractivity contribution >= 4 is 5.82 Å². The van der Waals surface area contributed by atoms with E-state index in [9.17, 15) is 0 Å². The van der Waals surface area contributed by atoms with Crippen LogP contribution >= 0.6 is 0 Å². The number of hydrogen-bond acceptors (Lipinski definition) is 4. The summed E-state index contributed by atoms with van der Waals surface area (Å²) in [5.41, 5.74) is 0. The van der Waals surface area contributed by atoms with Gasteiger partial charge < -0.3 is 14.4 Å². The number of nitrogens with zero attached hydrogens (tertiary/aromatic N) is 2. The SMILES string of the molecule is COCOc1ccc(N2C[C@H]3CCCC[C@@H]3C2)nc1. The van der Waals surface area contributed by atoms with Crippen molar-refractivity contribution in [3.05, 3.63) is 18.3 Å². The van der Waals surface area contributed by atoms with Crippen molar-refractivity contribution in [3.63, 3.8) is 0 Å². The van der Waals surface area contributed by atoms with Crippen LogP contribution in [0.5, 0.6) is 5.75 Å². The zero-order valence-electron chi connectivity index (χ0n) is 11.5. The molecule has 4 heteroatoms. The van der Waals surface area contributed by atoms with Gasteiger partial charge in [-0.05, 0) is 36.8 Å². The van der Waals surface area contributed by atoms with Crippen molar-refractivity contribution < 1.29 is 9.47 Å². The maximum absolute atomic E-state index is 5.36. The van der Waals surface area contributed by atoms with E-state index in [4.69, 9.17) is 9.47 Å². The molecule has 0 unspecified atom stereocenters. The highest BCUT2D eigenvalue weighted by Gasteiger charge is 2.34. The highest BCUT2D eigenvalue weighted by atomic mass is 16.7. The van der Waals surface area contributed by atoms with Crippen LogP contribution in [0.4, 0.5) is 5.82 Å². The molecule has 1 saturated carbocycles. The zero-order chi connectivity index (χ0) is 13.1. The van der Waals surface area contributed by atoms with Crippen LogP contribution in [0.25, 0.3) is 0 Å². The normalized spacial score (nSPS) is 26.3. The second-order valence-corrected chi connectivity index (χ2v) is 5.61. The molecule has 19 heavy (non-hydrogen) atoms. The standard InChI is InChI=1S/C15H22N2O2/c1-18-11-19-14-6-7-15(16-8-14)17-9-12-4-2-3-5-13(12)10-17/h6-8,12-13H,2-5,9-11H2,1H3/t12-,13-/m1/s1. The van der Waals surface area contributed by atoms with Gasteiger partial charge in [0.05, 0.1) is 6.20 Å². The van der Waals surface area contributed by atoms with Crippen LogP contribution in [0.15, 0.2) is 18.3 Å². The van der Waals surface area contributed by atoms with Gasteiger partial charge in [-0.25, -0.2) is 4.98 Å². The first-order valence-electron chi connectivity index (χ1n) is 7.19. The third-order valence-electron chi connectivity index (χ3n) is 4.36. The molecule has 104 valence electrons. The lowest BCUT2D eigenvalue weighted by Gasteiger charge is -2.22. The van der Waals surface area contributed by atoms with Crippen molar-refractivity contribution in [1.82, 2.24) is 4.98 Å². The number of ether oxygens (including phenoxy) is 2. The molecule has 2 fully saturated rings. The summed E-state index contributed by atoms with van der Waals surface area (Å²) in [5, 5.41) is 0. The monoisotopic (exact) mass is 262 g/mol. The van der Waals surface area contributed by atoms with E-state index in [2.05, 4.69) is 16.0 Å². The number of aromatic nitrogens is 1. The molecule has 1 aromatic heterocycles. The Labute approximate surface area is 114 Å². The predicted octanol–water partition coefficient (Wildman–Crippen LogP) is 2.69. The van der Waals surface area contributed by atoms with Gasteiger partial charge in [0.2, 0.25) is 0 Å². The van der Waals surface area contributed by atoms with Crippen LogP contribution in [0.2, 0.25) is 0 Å². The molecule has 0 aromatic carbocycles. The van der Waals surface area contributed by atoms with E-state index in [1.807, 2.05) is 6.07 Å². The smallest absolute Gasteiger partial charge is 0.188 e. The lowest BCUT2D eigenvalue weighted by Crippen LogP contribution is -2.20. The Hall–Kier alpha value is -1.29. The second-order valence-electron chi connectivity index (χ2n) is 5.61. The van der Waals surface area contributed by atoms with Gasteiger partial charge in [-0.2, -0.15) is 0 Å². The molecule has 0 radical (unpaired) electrons. The van der Waals surface area contributed by atoms with Crippen molar-refractivity contribution in [3.8, 4) is 5.75 Å². The summed E-state index contributed by atoms with van der Waals surface area (Å²) in [6.45, 7) is 2.63. The second kappa shape index (κ2) is 5.78. The fourth-order valence-corrected chi connectivity index (χ4v) is 3.36. The Morgan fingerprint density at radius 3 is 2.53 bits per heavy atom. The third-order valence-corrected chi connectivity index (χ3v) is 4.36. The highest BCUT2D eigenvalue weighted by Crippen LogP contribution is 2.37. The first kappa shape index (κ1) is 12.7. The largest absolute Gasteiger partial charge is 0.466 e. The average molecular weight is 262 g/mol. The van der Waals surface area contributed by atoms with E-state index < -0.39 is 0 Å². The molecule has 2 atom stereocenters. The Bertz CT molecular complexity index is 393. The van der Waals surface area contributed by atoms with E-state index in [1.165, 1.54) is 38.8 Å². The average Bonchev–Trinajstić information content (AvgIpc) is 2.89. The molecule has 1 aliphatic heterocycles. The Kier molecular flexibility index (Phi) is 3.87. The van der Waals surface area contributed by atoms with Gasteiger partial charge in [-0.15, -0.1) is 0 Å². The fourth-order valence-electron chi connectivity index (χ4n) is 3.36. The Morgan fingerprint density at radius 1 is 1.21 bits per heavy atom. The van der Waals surface area contributed by atoms with Gasteiger partial charge in [-0.1, -0.05) is 12.8 Å². The van der Waals surface area contributed by atoms with Crippen molar-refractivity contribution in [2.45, 2.75) is 25.7 Å². The minimum Gasteiger partial charge on any atom is -0.466 e. The predicted molar refractivity (Wildman–Crippen MR) is 74.4 cm³/mol. The van der Waals surface area contributed by atoms with Gasteiger partial charge in [0.25, 0.3) is 0 Å². The van der Waals surface area contributed by atoms with Gasteiger partial charge in [0.15, 0.2) is 6.79 Å². The summed E-state index contributed by atoms with van der Waals surface area (Å²) in [4.78, 5) is 6.95. The molecule has 0 N–H and O–H groups in total. The van der Waals surface area contributed by atoms with Crippen LogP contribution < -0.4 is 9.64 Å². The Balaban J connectivity index is 1.63. The zero-order valence-corrected chi connectivity index (χ0v) is 11.5. The van der Waals surface area contributed by atoms with E-state index in [1.54, 1.807) is 13.3 Å². The minimum absolute atomic E-state index is 0.273. The number of methoxy groups -OCH3 is 1. The van der Waals surface area contributed by atoms with E-state index in [0.29, 0.717) is 0 Å². The molecular weight excluding hydrogens is 240 g/mol. The summed E-state index contributed by atoms with van der Waals surface area (Å²) in [7, 11) is 1.62. The minimum atomic E-state index is 0.273. The lowest BCUT2D eigenvalue weighted by atomic mass is 9.82. The van der Waals surface area contributed by atoms with Gasteiger partial charge in [-0.3, -0.25) is 0 Å². The summed E-state index contributed by atoms with van der Waals surface area (Å²) in [6.07, 6.45) is 7.40. The molecule has 2 aliphatic rings. The molecular formula is C15H22N2O2. The Morgan fingerprint density at radius 2 is 1.95 bits per heavy atom. The number of anilines is 1. The van der Waals surface area contributed by atoms with Crippen LogP contribution in [0.3, 0.4) is 0 Å². The molecule has 0 spiro atoms. The molecule has 4 nitrogen and oxygen atoms in total. The molecule has 0 amide bonds. The van der Waals surface area contributed by atoms with Crippen LogP contribution in [0.1, 0.15) is 25.7 Å². The molecule has 0 bridgehead atoms. The highest BCUT2D eigenvalue weighted by molar-refractivity contribution is 5.42. The number of pyridine rings is 1. The summed E-state index contributed by atoms with van der Waals surface area (Å²) >= 11 is 0. The van der Waals surface area contributed by atoms with Crippen LogP contribution in [-0.4, -0.2) is 32.0 Å². The van der Waals surface area contributed by atoms with Crippen LogP contribution in [-0.2, 0) is 4.74 Å². The van der Waals surface area contributed by atoms with E-state index in [0.717, 1.165) is 23.4 Å². The molecule has 1 aliphatic carbocycles. The van der Waals surface area contributed by atoms with Gasteiger partial charge >= 0.3 is 0 Å². The number of rotatable bonds is 4. The van der Waals surface area contributed by atoms with E-state index in [-0.39, 0.29) is 6.79 Å². The topological polar surface area (TPSA) is 34.6 Å². The third kappa shape index (κ3) is 2.84. The number of hydrogen-bond donors (Lipinski definition) is 0. The van der Waals surface area contributed by atoms with Gasteiger partial charge in [0.1, 0.15) is 11.6 Å². The quantitative estimate of drug-likeness (QED) is 0.781. The van der Waals surface area contributed by atoms with E-state index >= 15 is 0 Å². The lowest BCUT2D eigenvalue weighted by molar-refractivity contribution is 0.0509. The van der Waals surface area contributed by atoms with Crippen molar-refractivity contribution in [2.24, 2.45) is 11.8 Å². The maximum atomic E-state index is 5.36. The molecule has 2 heterocycles. The molecule has 3 rings (SSSR count). The van der Waals surface area contributed by atoms with Crippen molar-refractivity contribution in [2.75, 3.05) is 31.9 Å².